The molecule has 0 aromatic carbocycles. The van der Waals surface area contributed by atoms with Crippen molar-refractivity contribution in [2.75, 3.05) is 13.2 Å². The molecule has 5 N–H and O–H groups in total. The highest BCUT2D eigenvalue weighted by Gasteiger charge is 1.99. The summed E-state index contributed by atoms with van der Waals surface area (Å²) < 4.78 is 4.58. The standard InChI is InChI=1S/C5H12N4O2.ClH/c1-2-11-4(10)3-8-5(6)9-7;/h2-3,7H2,1H3,(H3,6,8,9);1H. The molecule has 72 valence electrons. The predicted octanol–water partition coefficient (Wildman–Crippen LogP) is -1.25. The summed E-state index contributed by atoms with van der Waals surface area (Å²) in [5.41, 5.74) is 5.12. The number of ether oxygens (including phenoxy) is 1. The number of carbonyl (C=O) groups excluding carboxylic acids is 1. The molecule has 0 saturated heterocycles. The molecule has 0 rings (SSSR count). The zero-order valence-corrected chi connectivity index (χ0v) is 7.56. The summed E-state index contributed by atoms with van der Waals surface area (Å²) in [5.74, 6) is 4.40. The first-order chi connectivity index (χ1) is 5.20. The smallest absolute Gasteiger partial charge is 0.325 e. The van der Waals surface area contributed by atoms with Gasteiger partial charge in [0.25, 0.3) is 0 Å². The van der Waals surface area contributed by atoms with Gasteiger partial charge in [0.1, 0.15) is 6.54 Å². The number of nitrogens with one attached hydrogen (secondary N) is 1. The van der Waals surface area contributed by atoms with E-state index in [2.05, 4.69) is 15.2 Å². The minimum Gasteiger partial charge on any atom is -0.465 e. The number of nitrogens with two attached hydrogens (primary N) is 2. The fourth-order valence-corrected chi connectivity index (χ4v) is 0.420. The quantitative estimate of drug-likeness (QED) is 0.172. The van der Waals surface area contributed by atoms with Gasteiger partial charge in [-0.2, -0.15) is 0 Å². The fraction of sp³-hybridized carbons (Fsp3) is 0.600. The Morgan fingerprint density at radius 1 is 1.67 bits per heavy atom. The summed E-state index contributed by atoms with van der Waals surface area (Å²) in [6.45, 7) is 2.05. The normalized spacial score (nSPS) is 9.92. The summed E-state index contributed by atoms with van der Waals surface area (Å²) in [6.07, 6.45) is 0. The van der Waals surface area contributed by atoms with E-state index in [1.165, 1.54) is 0 Å². The van der Waals surface area contributed by atoms with Gasteiger partial charge in [-0.15, -0.1) is 17.5 Å². The molecule has 0 amide bonds. The Kier molecular flexibility index (Phi) is 8.87. The number of hydrogen-bond acceptors (Lipinski definition) is 4. The Bertz CT molecular complexity index is 162. The van der Waals surface area contributed by atoms with Crippen molar-refractivity contribution >= 4 is 24.3 Å². The van der Waals surface area contributed by atoms with Crippen molar-refractivity contribution in [1.29, 1.82) is 0 Å². The van der Waals surface area contributed by atoms with Crippen molar-refractivity contribution in [2.45, 2.75) is 6.92 Å². The van der Waals surface area contributed by atoms with Gasteiger partial charge in [-0.05, 0) is 6.92 Å². The maximum atomic E-state index is 10.6. The zero-order chi connectivity index (χ0) is 8.69. The molecule has 0 saturated carbocycles. The monoisotopic (exact) mass is 196 g/mol. The molecule has 0 atom stereocenters. The molecule has 7 heteroatoms. The van der Waals surface area contributed by atoms with E-state index < -0.39 is 0 Å². The average molecular weight is 197 g/mol. The van der Waals surface area contributed by atoms with Crippen LogP contribution in [0, 0.1) is 0 Å². The van der Waals surface area contributed by atoms with E-state index in [1.807, 2.05) is 0 Å². The van der Waals surface area contributed by atoms with Crippen LogP contribution >= 0.6 is 12.4 Å². The third-order valence-electron chi connectivity index (χ3n) is 0.858. The van der Waals surface area contributed by atoms with Gasteiger partial charge in [-0.25, -0.2) is 0 Å². The van der Waals surface area contributed by atoms with Crippen molar-refractivity contribution in [2.24, 2.45) is 16.7 Å². The van der Waals surface area contributed by atoms with Crippen LogP contribution < -0.4 is 16.9 Å². The summed E-state index contributed by atoms with van der Waals surface area (Å²) in [7, 11) is 0. The van der Waals surface area contributed by atoms with E-state index >= 15 is 0 Å². The Balaban J connectivity index is 0. The van der Waals surface area contributed by atoms with Gasteiger partial charge in [0.15, 0.2) is 0 Å². The molecule has 0 heterocycles. The fourth-order valence-electron chi connectivity index (χ4n) is 0.420. The second kappa shape index (κ2) is 7.93. The number of esters is 1. The second-order valence-electron chi connectivity index (χ2n) is 1.67. The number of hydrazone groups is 1. The number of halogens is 1. The predicted molar refractivity (Wildman–Crippen MR) is 47.7 cm³/mol. The topological polar surface area (TPSA) is 103 Å². The van der Waals surface area contributed by atoms with Crippen LogP contribution in [-0.4, -0.2) is 25.1 Å². The van der Waals surface area contributed by atoms with Crippen LogP contribution in [0.3, 0.4) is 0 Å². The molecule has 0 unspecified atom stereocenters. The number of nitrogens with zero attached hydrogens (tertiary/aromatic N) is 1. The van der Waals surface area contributed by atoms with Crippen LogP contribution in [0.2, 0.25) is 0 Å². The van der Waals surface area contributed by atoms with E-state index in [9.17, 15) is 4.79 Å². The minimum atomic E-state index is -0.390. The molecule has 0 aliphatic carbocycles. The van der Waals surface area contributed by atoms with Crippen molar-refractivity contribution in [3.63, 3.8) is 0 Å². The van der Waals surface area contributed by atoms with Crippen LogP contribution in [-0.2, 0) is 9.53 Å². The molecule has 0 spiro atoms. The lowest BCUT2D eigenvalue weighted by molar-refractivity contribution is -0.141. The van der Waals surface area contributed by atoms with Crippen LogP contribution in [0.4, 0.5) is 0 Å². The number of rotatable bonds is 3. The first-order valence-electron chi connectivity index (χ1n) is 3.13. The van der Waals surface area contributed by atoms with E-state index in [0.29, 0.717) is 6.61 Å². The lowest BCUT2D eigenvalue weighted by Gasteiger charge is -2.02. The van der Waals surface area contributed by atoms with Gasteiger partial charge >= 0.3 is 5.97 Å². The first kappa shape index (κ1) is 13.4. The van der Waals surface area contributed by atoms with Crippen LogP contribution in [0.5, 0.6) is 0 Å². The molecule has 6 nitrogen and oxygen atoms in total. The summed E-state index contributed by atoms with van der Waals surface area (Å²) in [6, 6.07) is 0. The van der Waals surface area contributed by atoms with E-state index in [1.54, 1.807) is 6.92 Å². The van der Waals surface area contributed by atoms with E-state index in [0.717, 1.165) is 0 Å². The molecule has 0 aromatic heterocycles. The Morgan fingerprint density at radius 2 is 2.25 bits per heavy atom. The summed E-state index contributed by atoms with van der Waals surface area (Å²) in [5, 5.41) is 5.54. The third-order valence-corrected chi connectivity index (χ3v) is 0.858. The SMILES string of the molecule is CCOC(=O)CNC(N)=NN.Cl. The van der Waals surface area contributed by atoms with Gasteiger partial charge in [-0.3, -0.25) is 4.79 Å². The summed E-state index contributed by atoms with van der Waals surface area (Å²) >= 11 is 0. The highest BCUT2D eigenvalue weighted by Crippen LogP contribution is 1.73. The van der Waals surface area contributed by atoms with Crippen molar-refractivity contribution < 1.29 is 9.53 Å². The van der Waals surface area contributed by atoms with Crippen LogP contribution in [0.25, 0.3) is 0 Å². The Labute approximate surface area is 76.7 Å². The van der Waals surface area contributed by atoms with Crippen LogP contribution in [0.15, 0.2) is 5.10 Å². The van der Waals surface area contributed by atoms with Crippen molar-refractivity contribution in [1.82, 2.24) is 5.32 Å². The first-order valence-corrected chi connectivity index (χ1v) is 3.13. The average Bonchev–Trinajstić information content (AvgIpc) is 2.01. The van der Waals surface area contributed by atoms with Gasteiger partial charge in [0.05, 0.1) is 6.61 Å². The molecule has 0 radical (unpaired) electrons. The lowest BCUT2D eigenvalue weighted by atomic mass is 10.6. The maximum absolute atomic E-state index is 10.6. The van der Waals surface area contributed by atoms with Gasteiger partial charge in [0.2, 0.25) is 5.96 Å². The van der Waals surface area contributed by atoms with Gasteiger partial charge < -0.3 is 21.6 Å². The highest BCUT2D eigenvalue weighted by atomic mass is 35.5. The van der Waals surface area contributed by atoms with Crippen molar-refractivity contribution in [3.8, 4) is 0 Å². The molecule has 0 bridgehead atoms. The highest BCUT2D eigenvalue weighted by molar-refractivity contribution is 5.85. The van der Waals surface area contributed by atoms with Gasteiger partial charge in [0, 0.05) is 0 Å². The number of guanidine groups is 1. The lowest BCUT2D eigenvalue weighted by Crippen LogP contribution is -2.37. The largest absolute Gasteiger partial charge is 0.465 e. The maximum Gasteiger partial charge on any atom is 0.325 e. The number of hydrogen-bond donors (Lipinski definition) is 3. The minimum absolute atomic E-state index is 0. The molecule has 0 aromatic rings. The zero-order valence-electron chi connectivity index (χ0n) is 6.74. The third kappa shape index (κ3) is 6.94. The van der Waals surface area contributed by atoms with E-state index in [-0.39, 0.29) is 30.9 Å². The molecule has 12 heavy (non-hydrogen) atoms. The Morgan fingerprint density at radius 3 is 2.67 bits per heavy atom. The molecule has 0 aliphatic heterocycles. The van der Waals surface area contributed by atoms with E-state index in [4.69, 9.17) is 11.6 Å². The van der Waals surface area contributed by atoms with Gasteiger partial charge in [-0.1, -0.05) is 0 Å². The second-order valence-corrected chi connectivity index (χ2v) is 1.67. The molecule has 0 aliphatic rings. The Hall–Kier alpha value is -1.17. The van der Waals surface area contributed by atoms with Crippen molar-refractivity contribution in [3.05, 3.63) is 0 Å². The molecule has 0 fully saturated rings. The molecular weight excluding hydrogens is 184 g/mol. The summed E-state index contributed by atoms with van der Waals surface area (Å²) in [4.78, 5) is 10.6. The van der Waals surface area contributed by atoms with Crippen LogP contribution in [0.1, 0.15) is 6.92 Å². The molecular formula is C5H13ClN4O2. The number of carbonyl (C=O) groups is 1.